The fraction of sp³-hybridized carbons (Fsp3) is 0.125. The SMILES string of the molecule is COC(=O)COC(=O)c1cc(S(=O)(=O)Nc2ccc(Br)cc2)ccc1Cl. The van der Waals surface area contributed by atoms with Crippen LogP contribution in [0.1, 0.15) is 10.4 Å². The molecule has 0 aromatic heterocycles. The topological polar surface area (TPSA) is 98.8 Å². The summed E-state index contributed by atoms with van der Waals surface area (Å²) in [5, 5.41) is -0.0116. The summed E-state index contributed by atoms with van der Waals surface area (Å²) >= 11 is 9.19. The van der Waals surface area contributed by atoms with Gasteiger partial charge < -0.3 is 9.47 Å². The molecule has 7 nitrogen and oxygen atoms in total. The maximum atomic E-state index is 12.5. The molecule has 0 radical (unpaired) electrons. The van der Waals surface area contributed by atoms with Crippen LogP contribution in [0.3, 0.4) is 0 Å². The van der Waals surface area contributed by atoms with Gasteiger partial charge >= 0.3 is 11.9 Å². The fourth-order valence-electron chi connectivity index (χ4n) is 1.82. The molecule has 0 saturated heterocycles. The monoisotopic (exact) mass is 461 g/mol. The summed E-state index contributed by atoms with van der Waals surface area (Å²) in [5.74, 6) is -1.70. The molecule has 0 fully saturated rings. The molecule has 0 bridgehead atoms. The Morgan fingerprint density at radius 3 is 2.42 bits per heavy atom. The normalized spacial score (nSPS) is 10.9. The summed E-state index contributed by atoms with van der Waals surface area (Å²) in [7, 11) is -2.82. The van der Waals surface area contributed by atoms with Gasteiger partial charge in [0.25, 0.3) is 10.0 Å². The molecule has 138 valence electrons. The van der Waals surface area contributed by atoms with Crippen molar-refractivity contribution in [2.24, 2.45) is 0 Å². The number of carbonyl (C=O) groups excluding carboxylic acids is 2. The number of rotatable bonds is 6. The van der Waals surface area contributed by atoms with Crippen molar-refractivity contribution in [2.45, 2.75) is 4.90 Å². The summed E-state index contributed by atoms with van der Waals surface area (Å²) in [6.07, 6.45) is 0. The van der Waals surface area contributed by atoms with E-state index in [1.807, 2.05) is 0 Å². The number of halogens is 2. The van der Waals surface area contributed by atoms with Gasteiger partial charge in [-0.3, -0.25) is 4.72 Å². The molecular weight excluding hydrogens is 450 g/mol. The lowest BCUT2D eigenvalue weighted by atomic mass is 10.2. The maximum Gasteiger partial charge on any atom is 0.344 e. The fourth-order valence-corrected chi connectivity index (χ4v) is 3.36. The number of methoxy groups -OCH3 is 1. The number of sulfonamides is 1. The second kappa shape index (κ2) is 8.52. The molecule has 0 unspecified atom stereocenters. The van der Waals surface area contributed by atoms with Gasteiger partial charge in [-0.25, -0.2) is 18.0 Å². The van der Waals surface area contributed by atoms with Gasteiger partial charge in [-0.1, -0.05) is 27.5 Å². The zero-order chi connectivity index (χ0) is 19.3. The predicted octanol–water partition coefficient (Wildman–Crippen LogP) is 3.23. The van der Waals surface area contributed by atoms with Gasteiger partial charge in [0.2, 0.25) is 0 Å². The van der Waals surface area contributed by atoms with Crippen molar-refractivity contribution < 1.29 is 27.5 Å². The van der Waals surface area contributed by atoms with Crippen LogP contribution >= 0.6 is 27.5 Å². The molecule has 2 aromatic carbocycles. The van der Waals surface area contributed by atoms with Crippen molar-refractivity contribution in [1.82, 2.24) is 0 Å². The van der Waals surface area contributed by atoms with Crippen molar-refractivity contribution in [3.63, 3.8) is 0 Å². The van der Waals surface area contributed by atoms with Gasteiger partial charge in [0.15, 0.2) is 6.61 Å². The molecule has 0 heterocycles. The van der Waals surface area contributed by atoms with Crippen LogP contribution in [0.5, 0.6) is 0 Å². The van der Waals surface area contributed by atoms with Crippen LogP contribution < -0.4 is 4.72 Å². The Bertz CT molecular complexity index is 930. The lowest BCUT2D eigenvalue weighted by Crippen LogP contribution is -2.17. The molecule has 2 aromatic rings. The Morgan fingerprint density at radius 2 is 1.81 bits per heavy atom. The highest BCUT2D eigenvalue weighted by Gasteiger charge is 2.20. The lowest BCUT2D eigenvalue weighted by molar-refractivity contribution is -0.144. The first-order valence-electron chi connectivity index (χ1n) is 7.05. The van der Waals surface area contributed by atoms with Crippen molar-refractivity contribution in [3.05, 3.63) is 57.5 Å². The number of ether oxygens (including phenoxy) is 2. The van der Waals surface area contributed by atoms with Crippen molar-refractivity contribution >= 4 is 55.2 Å². The molecule has 0 aliphatic heterocycles. The summed E-state index contributed by atoms with van der Waals surface area (Å²) in [6.45, 7) is -0.611. The number of hydrogen-bond acceptors (Lipinski definition) is 6. The highest BCUT2D eigenvalue weighted by Crippen LogP contribution is 2.24. The Kier molecular flexibility index (Phi) is 6.63. The van der Waals surface area contributed by atoms with Crippen LogP contribution in [-0.4, -0.2) is 34.1 Å². The van der Waals surface area contributed by atoms with E-state index in [0.29, 0.717) is 5.69 Å². The van der Waals surface area contributed by atoms with Gasteiger partial charge in [-0.15, -0.1) is 0 Å². The van der Waals surface area contributed by atoms with Crippen LogP contribution in [0.2, 0.25) is 5.02 Å². The molecule has 0 aliphatic rings. The third kappa shape index (κ3) is 5.20. The van der Waals surface area contributed by atoms with Gasteiger partial charge in [-0.2, -0.15) is 0 Å². The molecule has 26 heavy (non-hydrogen) atoms. The van der Waals surface area contributed by atoms with Gasteiger partial charge in [0.05, 0.1) is 22.6 Å². The zero-order valence-corrected chi connectivity index (χ0v) is 16.5. The molecule has 0 atom stereocenters. The zero-order valence-electron chi connectivity index (χ0n) is 13.4. The summed E-state index contributed by atoms with van der Waals surface area (Å²) in [6, 6.07) is 10.1. The summed E-state index contributed by atoms with van der Waals surface area (Å²) in [5.41, 5.74) is 0.159. The predicted molar refractivity (Wildman–Crippen MR) is 98.7 cm³/mol. The number of esters is 2. The Labute approximate surface area is 163 Å². The highest BCUT2D eigenvalue weighted by molar-refractivity contribution is 9.10. The van der Waals surface area contributed by atoms with Crippen molar-refractivity contribution in [1.29, 1.82) is 0 Å². The van der Waals surface area contributed by atoms with Gasteiger partial charge in [-0.05, 0) is 42.5 Å². The average Bonchev–Trinajstić information content (AvgIpc) is 2.61. The second-order valence-corrected chi connectivity index (χ2v) is 7.91. The molecule has 1 N–H and O–H groups in total. The first kappa shape index (κ1) is 20.2. The van der Waals surface area contributed by atoms with Gasteiger partial charge in [0, 0.05) is 10.2 Å². The van der Waals surface area contributed by atoms with Crippen LogP contribution in [-0.2, 0) is 24.3 Å². The number of anilines is 1. The highest BCUT2D eigenvalue weighted by atomic mass is 79.9. The standard InChI is InChI=1S/C16H13BrClNO6S/c1-24-15(20)9-25-16(21)13-8-12(6-7-14(13)18)26(22,23)19-11-4-2-10(17)3-5-11/h2-8,19H,9H2,1H3. The van der Waals surface area contributed by atoms with E-state index in [-0.39, 0.29) is 15.5 Å². The van der Waals surface area contributed by atoms with E-state index in [1.54, 1.807) is 24.3 Å². The molecule has 10 heteroatoms. The van der Waals surface area contributed by atoms with Crippen molar-refractivity contribution in [2.75, 3.05) is 18.4 Å². The average molecular weight is 463 g/mol. The molecule has 2 rings (SSSR count). The Hall–Kier alpha value is -2.10. The van der Waals surface area contributed by atoms with E-state index in [1.165, 1.54) is 12.1 Å². The van der Waals surface area contributed by atoms with Gasteiger partial charge in [0.1, 0.15) is 0 Å². The minimum Gasteiger partial charge on any atom is -0.466 e. The number of carbonyl (C=O) groups is 2. The number of nitrogens with one attached hydrogen (secondary N) is 1. The molecule has 0 spiro atoms. The van der Waals surface area contributed by atoms with Crippen LogP contribution in [0.15, 0.2) is 51.8 Å². The third-order valence-electron chi connectivity index (χ3n) is 3.11. The van der Waals surface area contributed by atoms with E-state index in [0.717, 1.165) is 17.6 Å². The first-order chi connectivity index (χ1) is 12.2. The molecular formula is C16H13BrClNO6S. The van der Waals surface area contributed by atoms with Crippen LogP contribution in [0.4, 0.5) is 5.69 Å². The summed E-state index contributed by atoms with van der Waals surface area (Å²) in [4.78, 5) is 22.9. The smallest absolute Gasteiger partial charge is 0.344 e. The Balaban J connectivity index is 2.25. The van der Waals surface area contributed by atoms with E-state index < -0.39 is 28.6 Å². The van der Waals surface area contributed by atoms with E-state index in [2.05, 4.69) is 25.4 Å². The van der Waals surface area contributed by atoms with Crippen molar-refractivity contribution in [3.8, 4) is 0 Å². The second-order valence-electron chi connectivity index (χ2n) is 4.91. The van der Waals surface area contributed by atoms with Crippen LogP contribution in [0, 0.1) is 0 Å². The van der Waals surface area contributed by atoms with E-state index in [4.69, 9.17) is 16.3 Å². The third-order valence-corrected chi connectivity index (χ3v) is 5.35. The lowest BCUT2D eigenvalue weighted by Gasteiger charge is -2.10. The summed E-state index contributed by atoms with van der Waals surface area (Å²) < 4.78 is 37.3. The van der Waals surface area contributed by atoms with E-state index in [9.17, 15) is 18.0 Å². The maximum absolute atomic E-state index is 12.5. The minimum atomic E-state index is -3.96. The molecule has 0 amide bonds. The quantitative estimate of drug-likeness (QED) is 0.662. The first-order valence-corrected chi connectivity index (χ1v) is 9.70. The largest absolute Gasteiger partial charge is 0.466 e. The number of hydrogen-bond donors (Lipinski definition) is 1. The van der Waals surface area contributed by atoms with E-state index >= 15 is 0 Å². The Morgan fingerprint density at radius 1 is 1.15 bits per heavy atom. The number of benzene rings is 2. The minimum absolute atomic E-state index is 0.0116. The van der Waals surface area contributed by atoms with Crippen LogP contribution in [0.25, 0.3) is 0 Å². The molecule has 0 saturated carbocycles. The molecule has 0 aliphatic carbocycles.